The van der Waals surface area contributed by atoms with E-state index in [1.54, 1.807) is 12.3 Å². The quantitative estimate of drug-likeness (QED) is 0.868. The predicted molar refractivity (Wildman–Crippen MR) is 93.9 cm³/mol. The van der Waals surface area contributed by atoms with E-state index in [4.69, 9.17) is 0 Å². The monoisotopic (exact) mass is 309 g/mol. The van der Waals surface area contributed by atoms with Crippen LogP contribution in [0.15, 0.2) is 42.6 Å². The molecule has 0 unspecified atom stereocenters. The molecule has 4 nitrogen and oxygen atoms in total. The average Bonchev–Trinajstić information content (AvgIpc) is 3.09. The minimum absolute atomic E-state index is 0.168. The summed E-state index contributed by atoms with van der Waals surface area (Å²) in [5.41, 5.74) is 3.41. The van der Waals surface area contributed by atoms with Crippen molar-refractivity contribution in [2.24, 2.45) is 0 Å². The van der Waals surface area contributed by atoms with Gasteiger partial charge in [0.15, 0.2) is 0 Å². The van der Waals surface area contributed by atoms with Crippen LogP contribution in [0.2, 0.25) is 0 Å². The lowest BCUT2D eigenvalue weighted by molar-refractivity contribution is 0.102. The van der Waals surface area contributed by atoms with Gasteiger partial charge in [-0.3, -0.25) is 4.79 Å². The van der Waals surface area contributed by atoms with E-state index in [0.717, 1.165) is 23.4 Å². The molecule has 4 heteroatoms. The van der Waals surface area contributed by atoms with Crippen molar-refractivity contribution in [2.45, 2.75) is 45.1 Å². The molecule has 0 atom stereocenters. The van der Waals surface area contributed by atoms with Crippen LogP contribution in [-0.2, 0) is 6.42 Å². The van der Waals surface area contributed by atoms with E-state index in [1.807, 2.05) is 30.3 Å². The fourth-order valence-electron chi connectivity index (χ4n) is 3.06. The third kappa shape index (κ3) is 3.89. The van der Waals surface area contributed by atoms with Gasteiger partial charge in [0.2, 0.25) is 0 Å². The summed E-state index contributed by atoms with van der Waals surface area (Å²) >= 11 is 0. The molecule has 2 aromatic rings. The largest absolute Gasteiger partial charge is 0.381 e. The van der Waals surface area contributed by atoms with Gasteiger partial charge in [-0.15, -0.1) is 0 Å². The molecule has 0 bridgehead atoms. The molecule has 1 amide bonds. The van der Waals surface area contributed by atoms with Crippen LogP contribution in [0.5, 0.6) is 0 Å². The minimum atomic E-state index is -0.168. The number of hydrogen-bond acceptors (Lipinski definition) is 3. The Morgan fingerprint density at radius 1 is 1.17 bits per heavy atom. The molecule has 0 spiro atoms. The summed E-state index contributed by atoms with van der Waals surface area (Å²) in [4.78, 5) is 16.6. The van der Waals surface area contributed by atoms with Crippen molar-refractivity contribution >= 4 is 17.3 Å². The van der Waals surface area contributed by atoms with Crippen molar-refractivity contribution in [3.05, 3.63) is 53.9 Å². The van der Waals surface area contributed by atoms with Crippen LogP contribution < -0.4 is 10.6 Å². The molecular weight excluding hydrogens is 286 g/mol. The maximum atomic E-state index is 12.3. The molecule has 1 heterocycles. The Morgan fingerprint density at radius 2 is 1.96 bits per heavy atom. The molecule has 1 aromatic heterocycles. The Labute approximate surface area is 137 Å². The Bertz CT molecular complexity index is 661. The van der Waals surface area contributed by atoms with Crippen LogP contribution in [0, 0.1) is 0 Å². The second-order valence-corrected chi connectivity index (χ2v) is 6.02. The number of pyridine rings is 1. The zero-order valence-corrected chi connectivity index (χ0v) is 13.5. The van der Waals surface area contributed by atoms with E-state index in [9.17, 15) is 4.79 Å². The molecule has 1 fully saturated rings. The Balaban J connectivity index is 1.65. The van der Waals surface area contributed by atoms with Crippen molar-refractivity contribution in [1.82, 2.24) is 4.98 Å². The van der Waals surface area contributed by atoms with Gasteiger partial charge in [0, 0.05) is 11.7 Å². The summed E-state index contributed by atoms with van der Waals surface area (Å²) in [7, 11) is 0. The summed E-state index contributed by atoms with van der Waals surface area (Å²) in [6, 6.07) is 12.1. The standard InChI is InChI=1S/C19H23N3O/c1-2-14-7-3-6-10-17(14)22-19(23)18-12-11-16(13-20-18)21-15-8-4-5-9-15/h3,6-7,10-13,15,21H,2,4-5,8-9H2,1H3,(H,22,23). The second-order valence-electron chi connectivity index (χ2n) is 6.02. The average molecular weight is 309 g/mol. The number of para-hydroxylation sites is 1. The highest BCUT2D eigenvalue weighted by Crippen LogP contribution is 2.22. The van der Waals surface area contributed by atoms with Crippen molar-refractivity contribution < 1.29 is 4.79 Å². The number of aryl methyl sites for hydroxylation is 1. The number of nitrogens with one attached hydrogen (secondary N) is 2. The van der Waals surface area contributed by atoms with E-state index < -0.39 is 0 Å². The number of nitrogens with zero attached hydrogens (tertiary/aromatic N) is 1. The summed E-state index contributed by atoms with van der Waals surface area (Å²) in [6.07, 6.45) is 7.66. The summed E-state index contributed by atoms with van der Waals surface area (Å²) in [6.45, 7) is 2.08. The fraction of sp³-hybridized carbons (Fsp3) is 0.368. The maximum absolute atomic E-state index is 12.3. The summed E-state index contributed by atoms with van der Waals surface area (Å²) in [5.74, 6) is -0.168. The first kappa shape index (κ1) is 15.5. The van der Waals surface area contributed by atoms with Crippen molar-refractivity contribution in [3.8, 4) is 0 Å². The molecule has 0 aliphatic heterocycles. The number of anilines is 2. The SMILES string of the molecule is CCc1ccccc1NC(=O)c1ccc(NC2CCCC2)cn1. The van der Waals surface area contributed by atoms with E-state index in [0.29, 0.717) is 11.7 Å². The lowest BCUT2D eigenvalue weighted by Gasteiger charge is -2.13. The Kier molecular flexibility index (Phi) is 4.91. The first-order valence-electron chi connectivity index (χ1n) is 8.38. The highest BCUT2D eigenvalue weighted by Gasteiger charge is 2.15. The number of amides is 1. The lowest BCUT2D eigenvalue weighted by Crippen LogP contribution is -2.17. The van der Waals surface area contributed by atoms with Crippen molar-refractivity contribution in [1.29, 1.82) is 0 Å². The topological polar surface area (TPSA) is 54.0 Å². The number of rotatable bonds is 5. The molecule has 0 saturated heterocycles. The molecule has 0 radical (unpaired) electrons. The maximum Gasteiger partial charge on any atom is 0.274 e. The van der Waals surface area contributed by atoms with Crippen LogP contribution >= 0.6 is 0 Å². The Morgan fingerprint density at radius 3 is 2.65 bits per heavy atom. The first-order valence-corrected chi connectivity index (χ1v) is 8.38. The van der Waals surface area contributed by atoms with E-state index in [1.165, 1.54) is 25.7 Å². The fourth-order valence-corrected chi connectivity index (χ4v) is 3.06. The number of hydrogen-bond donors (Lipinski definition) is 2. The van der Waals surface area contributed by atoms with Gasteiger partial charge in [0.25, 0.3) is 5.91 Å². The molecule has 1 saturated carbocycles. The molecule has 3 rings (SSSR count). The van der Waals surface area contributed by atoms with Gasteiger partial charge in [0.05, 0.1) is 11.9 Å². The number of carbonyl (C=O) groups excluding carboxylic acids is 1. The van der Waals surface area contributed by atoms with Crippen molar-refractivity contribution in [2.75, 3.05) is 10.6 Å². The zero-order valence-electron chi connectivity index (χ0n) is 13.5. The number of carbonyl (C=O) groups is 1. The smallest absolute Gasteiger partial charge is 0.274 e. The van der Waals surface area contributed by atoms with Crippen LogP contribution in [0.3, 0.4) is 0 Å². The highest BCUT2D eigenvalue weighted by atomic mass is 16.1. The zero-order chi connectivity index (χ0) is 16.1. The predicted octanol–water partition coefficient (Wildman–Crippen LogP) is 4.25. The molecule has 1 aliphatic rings. The van der Waals surface area contributed by atoms with E-state index >= 15 is 0 Å². The summed E-state index contributed by atoms with van der Waals surface area (Å²) in [5, 5.41) is 6.43. The molecular formula is C19H23N3O. The molecule has 120 valence electrons. The van der Waals surface area contributed by atoms with E-state index in [-0.39, 0.29) is 5.91 Å². The lowest BCUT2D eigenvalue weighted by atomic mass is 10.1. The highest BCUT2D eigenvalue weighted by molar-refractivity contribution is 6.03. The minimum Gasteiger partial charge on any atom is -0.381 e. The number of aromatic nitrogens is 1. The van der Waals surface area contributed by atoms with Gasteiger partial charge in [-0.2, -0.15) is 0 Å². The third-order valence-electron chi connectivity index (χ3n) is 4.37. The molecule has 2 N–H and O–H groups in total. The normalized spacial score (nSPS) is 14.7. The number of benzene rings is 1. The first-order chi connectivity index (χ1) is 11.3. The van der Waals surface area contributed by atoms with Crippen LogP contribution in [-0.4, -0.2) is 16.9 Å². The van der Waals surface area contributed by atoms with Crippen molar-refractivity contribution in [3.63, 3.8) is 0 Å². The van der Waals surface area contributed by atoms with Gasteiger partial charge >= 0.3 is 0 Å². The van der Waals surface area contributed by atoms with Gasteiger partial charge in [-0.1, -0.05) is 38.0 Å². The molecule has 1 aromatic carbocycles. The van der Waals surface area contributed by atoms with Gasteiger partial charge in [-0.25, -0.2) is 4.98 Å². The summed E-state index contributed by atoms with van der Waals surface area (Å²) < 4.78 is 0. The van der Waals surface area contributed by atoms with Gasteiger partial charge in [0.1, 0.15) is 5.69 Å². The Hall–Kier alpha value is -2.36. The second kappa shape index (κ2) is 7.27. The van der Waals surface area contributed by atoms with Gasteiger partial charge in [-0.05, 0) is 43.0 Å². The van der Waals surface area contributed by atoms with Gasteiger partial charge < -0.3 is 10.6 Å². The van der Waals surface area contributed by atoms with Crippen LogP contribution in [0.25, 0.3) is 0 Å². The third-order valence-corrected chi connectivity index (χ3v) is 4.37. The molecule has 23 heavy (non-hydrogen) atoms. The van der Waals surface area contributed by atoms with Crippen LogP contribution in [0.4, 0.5) is 11.4 Å². The van der Waals surface area contributed by atoms with E-state index in [2.05, 4.69) is 22.5 Å². The van der Waals surface area contributed by atoms with Crippen LogP contribution in [0.1, 0.15) is 48.7 Å². The molecule has 1 aliphatic carbocycles.